The summed E-state index contributed by atoms with van der Waals surface area (Å²) >= 11 is 12.8. The van der Waals surface area contributed by atoms with E-state index in [1.807, 2.05) is 12.1 Å². The Morgan fingerprint density at radius 3 is 2.22 bits per heavy atom. The fraction of sp³-hybridized carbons (Fsp3) is 0.213. The molecule has 2 aliphatic carbocycles. The molecule has 296 valence electrons. The zero-order valence-corrected chi connectivity index (χ0v) is 33.4. The van der Waals surface area contributed by atoms with Crippen LogP contribution in [-0.2, 0) is 24.6 Å². The average Bonchev–Trinajstić information content (AvgIpc) is 3.63. The molecule has 59 heavy (non-hydrogen) atoms. The van der Waals surface area contributed by atoms with Crippen LogP contribution in [-0.4, -0.2) is 46.6 Å². The summed E-state index contributed by atoms with van der Waals surface area (Å²) in [4.78, 5) is 74.0. The molecule has 10 nitrogen and oxygen atoms in total. The number of hydrazine groups is 1. The summed E-state index contributed by atoms with van der Waals surface area (Å²) in [5.74, 6) is -5.90. The minimum Gasteiger partial charge on any atom is -0.507 e. The number of hydrogen-bond donors (Lipinski definition) is 2. The van der Waals surface area contributed by atoms with E-state index in [1.165, 1.54) is 18.1 Å². The van der Waals surface area contributed by atoms with Crippen LogP contribution in [0.5, 0.6) is 11.5 Å². The van der Waals surface area contributed by atoms with E-state index in [0.717, 1.165) is 5.01 Å². The van der Waals surface area contributed by atoms with Crippen LogP contribution in [0.3, 0.4) is 0 Å². The van der Waals surface area contributed by atoms with Crippen molar-refractivity contribution >= 4 is 64.0 Å². The van der Waals surface area contributed by atoms with Crippen LogP contribution in [0.15, 0.2) is 127 Å². The number of phenolic OH excluding ortho intramolecular Hbond substituents is 1. The molecule has 5 aromatic carbocycles. The second-order valence-electron chi connectivity index (χ2n) is 15.5. The van der Waals surface area contributed by atoms with Crippen molar-refractivity contribution in [3.8, 4) is 11.5 Å². The van der Waals surface area contributed by atoms with E-state index in [9.17, 15) is 19.5 Å². The summed E-state index contributed by atoms with van der Waals surface area (Å²) in [5.41, 5.74) is 5.08. The van der Waals surface area contributed by atoms with Crippen molar-refractivity contribution in [3.05, 3.63) is 165 Å². The molecule has 5 aromatic rings. The van der Waals surface area contributed by atoms with Crippen molar-refractivity contribution in [2.45, 2.75) is 31.1 Å². The van der Waals surface area contributed by atoms with E-state index < -0.39 is 52.7 Å². The van der Waals surface area contributed by atoms with Crippen LogP contribution in [0.1, 0.15) is 51.4 Å². The topological polar surface area (TPSA) is 133 Å². The van der Waals surface area contributed by atoms with Gasteiger partial charge in [0, 0.05) is 27.6 Å². The Kier molecular flexibility index (Phi) is 9.44. The molecule has 0 spiro atoms. The number of ketones is 1. The predicted molar refractivity (Wildman–Crippen MR) is 222 cm³/mol. The molecule has 2 saturated heterocycles. The lowest BCUT2D eigenvalue weighted by atomic mass is 9.49. The number of nitrogens with zero attached hydrogens (tertiary/aromatic N) is 2. The molecule has 2 N–H and O–H groups in total. The van der Waals surface area contributed by atoms with E-state index in [4.69, 9.17) is 27.9 Å². The Hall–Kier alpha value is -6.23. The number of anilines is 2. The lowest BCUT2D eigenvalue weighted by Gasteiger charge is -2.50. The Bertz CT molecular complexity index is 2610. The normalized spacial score (nSPS) is 24.7. The van der Waals surface area contributed by atoms with Gasteiger partial charge in [-0.3, -0.25) is 34.3 Å². The summed E-state index contributed by atoms with van der Waals surface area (Å²) in [6.45, 7) is 1.76. The Morgan fingerprint density at radius 2 is 1.53 bits per heavy atom. The molecule has 1 saturated carbocycles. The molecule has 2 aliphatic heterocycles. The van der Waals surface area contributed by atoms with Crippen LogP contribution < -0.4 is 15.1 Å². The summed E-state index contributed by atoms with van der Waals surface area (Å²) in [6, 6.07) is 32.2. The number of phenols is 1. The maximum Gasteiger partial charge on any atom is 0.260 e. The van der Waals surface area contributed by atoms with Crippen LogP contribution >= 0.6 is 23.2 Å². The summed E-state index contributed by atoms with van der Waals surface area (Å²) in [7, 11) is 1.53. The molecule has 4 aliphatic rings. The number of fused-ring (bicyclic) bond motifs is 4. The number of imide groups is 2. The molecule has 2 heterocycles. The van der Waals surface area contributed by atoms with Crippen molar-refractivity contribution in [2.75, 3.05) is 17.4 Å². The molecule has 12 heteroatoms. The maximum atomic E-state index is 15.5. The number of carbonyl (C=O) groups is 5. The summed E-state index contributed by atoms with van der Waals surface area (Å²) in [5, 5.41) is 13.4. The monoisotopic (exact) mass is 825 g/mol. The molecule has 6 atom stereocenters. The number of hydrogen-bond acceptors (Lipinski definition) is 8. The Balaban J connectivity index is 1.17. The summed E-state index contributed by atoms with van der Waals surface area (Å²) < 4.78 is 5.48. The van der Waals surface area contributed by atoms with Gasteiger partial charge in [0.2, 0.25) is 11.8 Å². The van der Waals surface area contributed by atoms with Gasteiger partial charge in [0.05, 0.1) is 46.7 Å². The highest BCUT2D eigenvalue weighted by molar-refractivity contribution is 6.36. The largest absolute Gasteiger partial charge is 0.507 e. The predicted octanol–water partition coefficient (Wildman–Crippen LogP) is 8.44. The number of rotatable bonds is 8. The Labute approximate surface area is 350 Å². The van der Waals surface area contributed by atoms with Gasteiger partial charge in [0.1, 0.15) is 11.5 Å². The molecule has 6 unspecified atom stereocenters. The highest BCUT2D eigenvalue weighted by Gasteiger charge is 2.70. The molecule has 9 rings (SSSR count). The lowest BCUT2D eigenvalue weighted by Crippen LogP contribution is -2.53. The number of carbonyl (C=O) groups excluding carboxylic acids is 5. The van der Waals surface area contributed by atoms with Gasteiger partial charge >= 0.3 is 0 Å². The molecule has 0 bridgehead atoms. The van der Waals surface area contributed by atoms with Crippen LogP contribution in [0, 0.1) is 30.6 Å². The van der Waals surface area contributed by atoms with Gasteiger partial charge in [0.25, 0.3) is 11.8 Å². The number of nitrogens with one attached hydrogen (secondary N) is 1. The minimum absolute atomic E-state index is 0.0409. The first-order valence-electron chi connectivity index (χ1n) is 19.3. The zero-order chi connectivity index (χ0) is 41.3. The van der Waals surface area contributed by atoms with Gasteiger partial charge in [-0.25, -0.2) is 0 Å². The number of aromatic hydroxyl groups is 1. The zero-order valence-electron chi connectivity index (χ0n) is 31.9. The van der Waals surface area contributed by atoms with Crippen molar-refractivity contribution in [2.24, 2.45) is 23.7 Å². The first-order valence-corrected chi connectivity index (χ1v) is 20.0. The maximum absolute atomic E-state index is 15.5. The van der Waals surface area contributed by atoms with Gasteiger partial charge in [0.15, 0.2) is 5.78 Å². The smallest absolute Gasteiger partial charge is 0.260 e. The molecular formula is C47H37Cl2N3O7. The van der Waals surface area contributed by atoms with Crippen LogP contribution in [0.2, 0.25) is 10.0 Å². The number of halogens is 2. The van der Waals surface area contributed by atoms with E-state index in [-0.39, 0.29) is 41.0 Å². The molecule has 0 radical (unpaired) electrons. The van der Waals surface area contributed by atoms with Gasteiger partial charge in [-0.05, 0) is 91.4 Å². The quantitative estimate of drug-likeness (QED) is 0.0906. The fourth-order valence-corrected chi connectivity index (χ4v) is 10.3. The highest BCUT2D eigenvalue weighted by Crippen LogP contribution is 2.65. The fourth-order valence-electron chi connectivity index (χ4n) is 9.88. The molecule has 0 aromatic heterocycles. The molecular weight excluding hydrogens is 789 g/mol. The van der Waals surface area contributed by atoms with Crippen LogP contribution in [0.4, 0.5) is 11.4 Å². The van der Waals surface area contributed by atoms with E-state index in [1.54, 1.807) is 110 Å². The van der Waals surface area contributed by atoms with Crippen molar-refractivity contribution < 1.29 is 33.8 Å². The van der Waals surface area contributed by atoms with Gasteiger partial charge in [-0.15, -0.1) is 0 Å². The SMILES string of the molecule is COc1ccc(C23C(=O)N(Nc4ccc(Cl)cc4Cl)C(=O)C2CC2C(=CCC4C(=O)N(c5ccc(C(=O)c6ccccc6)cc5)C(=O)C42)C3c2cccc(C)c2O)cc1. The number of allylic oxidation sites excluding steroid dienone is 2. The number of para-hydroxylation sites is 1. The number of aryl methyl sites for hydroxylation is 1. The number of benzene rings is 5. The molecule has 4 amide bonds. The number of methoxy groups -OCH3 is 1. The number of amides is 4. The standard InChI is InChI=1S/C47H37Cl2N3O7/c1-25-7-6-10-34(41(25)53)40-32-20-21-33-39(45(57)51(43(33)55)30-16-11-27(12-17-30)42(54)26-8-4-3-5-9-26)35(32)24-36-44(56)52(50-38-22-15-29(48)23-37(38)49)46(58)47(36,40)28-13-18-31(59-2)19-14-28/h3-20,22-23,33,35-36,39-40,50,53H,21,24H2,1-2H3. The third-order valence-corrected chi connectivity index (χ3v) is 13.1. The Morgan fingerprint density at radius 1 is 0.814 bits per heavy atom. The van der Waals surface area contributed by atoms with Gasteiger partial charge in [-0.2, -0.15) is 5.01 Å². The second-order valence-corrected chi connectivity index (χ2v) is 16.3. The first kappa shape index (κ1) is 38.3. The number of ether oxygens (including phenoxy) is 1. The third kappa shape index (κ3) is 5.87. The van der Waals surface area contributed by atoms with Gasteiger partial charge in [-0.1, -0.05) is 95.5 Å². The third-order valence-electron chi connectivity index (χ3n) is 12.6. The van der Waals surface area contributed by atoms with E-state index in [2.05, 4.69) is 5.43 Å². The van der Waals surface area contributed by atoms with E-state index in [0.29, 0.717) is 49.8 Å². The summed E-state index contributed by atoms with van der Waals surface area (Å²) in [6.07, 6.45) is 2.18. The minimum atomic E-state index is -1.62. The highest BCUT2D eigenvalue weighted by atomic mass is 35.5. The van der Waals surface area contributed by atoms with Gasteiger partial charge < -0.3 is 9.84 Å². The molecule has 3 fully saturated rings. The van der Waals surface area contributed by atoms with Crippen LogP contribution in [0.25, 0.3) is 0 Å². The van der Waals surface area contributed by atoms with Crippen molar-refractivity contribution in [3.63, 3.8) is 0 Å². The van der Waals surface area contributed by atoms with Crippen molar-refractivity contribution in [1.82, 2.24) is 5.01 Å². The second kappa shape index (κ2) is 14.5. The van der Waals surface area contributed by atoms with Crippen molar-refractivity contribution in [1.29, 1.82) is 0 Å². The lowest BCUT2D eigenvalue weighted by molar-refractivity contribution is -0.138. The average molecular weight is 827 g/mol. The van der Waals surface area contributed by atoms with E-state index >= 15 is 9.59 Å². The first-order chi connectivity index (χ1) is 28.4.